The third kappa shape index (κ3) is 4.45. The van der Waals surface area contributed by atoms with E-state index >= 15 is 0 Å². The normalized spacial score (nSPS) is 18.8. The fraction of sp³-hybridized carbons (Fsp3) is 0.444. The summed E-state index contributed by atoms with van der Waals surface area (Å²) in [5.74, 6) is 0.0223. The molecule has 0 radical (unpaired) electrons. The van der Waals surface area contributed by atoms with Crippen LogP contribution in [0, 0.1) is 0 Å². The Labute approximate surface area is 162 Å². The van der Waals surface area contributed by atoms with Crippen molar-refractivity contribution in [2.45, 2.75) is 32.2 Å². The Morgan fingerprint density at radius 2 is 2.08 bits per heavy atom. The summed E-state index contributed by atoms with van der Waals surface area (Å²) in [6.07, 6.45) is 2.29. The molecule has 3 rings (SSSR count). The minimum atomic E-state index is -3.05. The highest BCUT2D eigenvalue weighted by Gasteiger charge is 2.35. The maximum absolute atomic E-state index is 13.0. The quantitative estimate of drug-likeness (QED) is 0.721. The molecule has 1 aromatic carbocycles. The van der Waals surface area contributed by atoms with Crippen LogP contribution in [-0.2, 0) is 9.84 Å². The van der Waals surface area contributed by atoms with Crippen molar-refractivity contribution in [2.75, 3.05) is 18.1 Å². The Kier molecular flexibility index (Phi) is 5.99. The maximum Gasteiger partial charge on any atom is 0.273 e. The van der Waals surface area contributed by atoms with E-state index in [1.54, 1.807) is 22.4 Å². The van der Waals surface area contributed by atoms with E-state index in [1.165, 1.54) is 11.3 Å². The molecule has 8 heteroatoms. The van der Waals surface area contributed by atoms with Crippen LogP contribution < -0.4 is 0 Å². The van der Waals surface area contributed by atoms with Crippen LogP contribution in [0.25, 0.3) is 10.6 Å². The van der Waals surface area contributed by atoms with E-state index in [-0.39, 0.29) is 23.5 Å². The smallest absolute Gasteiger partial charge is 0.273 e. The van der Waals surface area contributed by atoms with Gasteiger partial charge in [-0.05, 0) is 25.0 Å². The lowest BCUT2D eigenvalue weighted by Crippen LogP contribution is -2.42. The van der Waals surface area contributed by atoms with E-state index in [0.29, 0.717) is 23.7 Å². The van der Waals surface area contributed by atoms with Crippen LogP contribution in [-0.4, -0.2) is 48.3 Å². The molecule has 5 nitrogen and oxygen atoms in total. The first kappa shape index (κ1) is 19.3. The van der Waals surface area contributed by atoms with Gasteiger partial charge >= 0.3 is 0 Å². The van der Waals surface area contributed by atoms with Gasteiger partial charge in [-0.3, -0.25) is 4.79 Å². The van der Waals surface area contributed by atoms with E-state index in [2.05, 4.69) is 11.9 Å². The van der Waals surface area contributed by atoms with Gasteiger partial charge in [-0.15, -0.1) is 11.3 Å². The van der Waals surface area contributed by atoms with Crippen molar-refractivity contribution in [1.29, 1.82) is 0 Å². The molecule has 0 saturated carbocycles. The van der Waals surface area contributed by atoms with Crippen LogP contribution in [0.15, 0.2) is 29.6 Å². The van der Waals surface area contributed by atoms with E-state index in [4.69, 9.17) is 11.6 Å². The average molecular weight is 413 g/mol. The van der Waals surface area contributed by atoms with E-state index < -0.39 is 9.84 Å². The number of rotatable bonds is 6. The number of hydrogen-bond donors (Lipinski definition) is 0. The summed E-state index contributed by atoms with van der Waals surface area (Å²) in [6.45, 7) is 2.61. The summed E-state index contributed by atoms with van der Waals surface area (Å²) < 4.78 is 23.7. The van der Waals surface area contributed by atoms with Gasteiger partial charge in [-0.25, -0.2) is 13.4 Å². The van der Waals surface area contributed by atoms with Gasteiger partial charge in [-0.1, -0.05) is 37.1 Å². The molecule has 140 valence electrons. The molecule has 1 aromatic heterocycles. The fourth-order valence-corrected chi connectivity index (χ4v) is 5.70. The minimum Gasteiger partial charge on any atom is -0.333 e. The van der Waals surface area contributed by atoms with Gasteiger partial charge in [0.1, 0.15) is 10.7 Å². The van der Waals surface area contributed by atoms with Crippen molar-refractivity contribution in [3.05, 3.63) is 40.4 Å². The van der Waals surface area contributed by atoms with Crippen LogP contribution in [0.3, 0.4) is 0 Å². The fourth-order valence-electron chi connectivity index (χ4n) is 3.04. The van der Waals surface area contributed by atoms with E-state index in [0.717, 1.165) is 23.4 Å². The molecule has 1 saturated heterocycles. The maximum atomic E-state index is 13.0. The highest BCUT2D eigenvalue weighted by molar-refractivity contribution is 7.91. The average Bonchev–Trinajstić information content (AvgIpc) is 3.23. The van der Waals surface area contributed by atoms with Crippen LogP contribution in [0.5, 0.6) is 0 Å². The first-order valence-corrected chi connectivity index (χ1v) is 11.7. The van der Waals surface area contributed by atoms with Crippen LogP contribution >= 0.6 is 22.9 Å². The number of thiazole rings is 1. The second kappa shape index (κ2) is 8.06. The summed E-state index contributed by atoms with van der Waals surface area (Å²) in [4.78, 5) is 19.2. The second-order valence-corrected chi connectivity index (χ2v) is 9.98. The Morgan fingerprint density at radius 1 is 1.35 bits per heavy atom. The lowest BCUT2D eigenvalue weighted by atomic mass is 10.2. The van der Waals surface area contributed by atoms with Gasteiger partial charge in [0.25, 0.3) is 5.91 Å². The zero-order valence-corrected chi connectivity index (χ0v) is 16.9. The Hall–Kier alpha value is -1.44. The Balaban J connectivity index is 1.81. The molecular weight excluding hydrogens is 392 g/mol. The number of aromatic nitrogens is 1. The molecule has 1 amide bonds. The molecule has 1 unspecified atom stereocenters. The Morgan fingerprint density at radius 3 is 2.69 bits per heavy atom. The van der Waals surface area contributed by atoms with Gasteiger partial charge in [-0.2, -0.15) is 0 Å². The van der Waals surface area contributed by atoms with Crippen molar-refractivity contribution in [1.82, 2.24) is 9.88 Å². The van der Waals surface area contributed by atoms with Gasteiger partial charge in [0.15, 0.2) is 9.84 Å². The standard InChI is InChI=1S/C18H21ClN2O3S2/c1-2-3-9-21(15-8-10-26(23,24)12-15)18(22)16-11-25-17(20-16)13-4-6-14(19)7-5-13/h4-7,11,15H,2-3,8-10,12H2,1H3. The first-order chi connectivity index (χ1) is 12.4. The Bertz CT molecular complexity index is 878. The first-order valence-electron chi connectivity index (χ1n) is 8.62. The number of carbonyl (C=O) groups excluding carboxylic acids is 1. The topological polar surface area (TPSA) is 67.3 Å². The number of amides is 1. The third-order valence-corrected chi connectivity index (χ3v) is 7.37. The lowest BCUT2D eigenvalue weighted by Gasteiger charge is -2.27. The van der Waals surface area contributed by atoms with Crippen molar-refractivity contribution >= 4 is 38.7 Å². The largest absolute Gasteiger partial charge is 0.333 e. The molecule has 0 N–H and O–H groups in total. The molecule has 1 aliphatic heterocycles. The monoisotopic (exact) mass is 412 g/mol. The van der Waals surface area contributed by atoms with Crippen LogP contribution in [0.4, 0.5) is 0 Å². The SMILES string of the molecule is CCCCN(C(=O)c1csc(-c2ccc(Cl)cc2)n1)C1CCS(=O)(=O)C1. The van der Waals surface area contributed by atoms with Crippen molar-refractivity contribution in [2.24, 2.45) is 0 Å². The summed E-state index contributed by atoms with van der Waals surface area (Å²) in [7, 11) is -3.05. The van der Waals surface area contributed by atoms with Crippen molar-refractivity contribution in [3.8, 4) is 10.6 Å². The van der Waals surface area contributed by atoms with Gasteiger partial charge < -0.3 is 4.90 Å². The summed E-state index contributed by atoms with van der Waals surface area (Å²) in [5.41, 5.74) is 1.28. The molecule has 1 aliphatic rings. The lowest BCUT2D eigenvalue weighted by molar-refractivity contribution is 0.0689. The molecule has 2 heterocycles. The highest BCUT2D eigenvalue weighted by atomic mass is 35.5. The number of halogens is 1. The van der Waals surface area contributed by atoms with Crippen molar-refractivity contribution in [3.63, 3.8) is 0 Å². The molecule has 0 aliphatic carbocycles. The predicted molar refractivity (Wildman–Crippen MR) is 106 cm³/mol. The molecule has 1 atom stereocenters. The number of sulfone groups is 1. The predicted octanol–water partition coefficient (Wildman–Crippen LogP) is 3.89. The van der Waals surface area contributed by atoms with Gasteiger partial charge in [0.2, 0.25) is 0 Å². The number of carbonyl (C=O) groups is 1. The second-order valence-electron chi connectivity index (χ2n) is 6.45. The molecule has 2 aromatic rings. The number of nitrogens with zero attached hydrogens (tertiary/aromatic N) is 2. The van der Waals surface area contributed by atoms with E-state index in [1.807, 2.05) is 12.1 Å². The number of hydrogen-bond acceptors (Lipinski definition) is 5. The highest BCUT2D eigenvalue weighted by Crippen LogP contribution is 2.27. The number of benzene rings is 1. The van der Waals surface area contributed by atoms with Crippen LogP contribution in [0.2, 0.25) is 5.02 Å². The summed E-state index contributed by atoms with van der Waals surface area (Å²) in [6, 6.07) is 7.06. The zero-order chi connectivity index (χ0) is 18.7. The zero-order valence-electron chi connectivity index (χ0n) is 14.5. The molecule has 0 spiro atoms. The van der Waals surface area contributed by atoms with Gasteiger partial charge in [0.05, 0.1) is 11.5 Å². The third-order valence-electron chi connectivity index (χ3n) is 4.48. The molecular formula is C18H21ClN2O3S2. The summed E-state index contributed by atoms with van der Waals surface area (Å²) >= 11 is 7.31. The molecule has 26 heavy (non-hydrogen) atoms. The molecule has 1 fully saturated rings. The van der Waals surface area contributed by atoms with Crippen molar-refractivity contribution < 1.29 is 13.2 Å². The summed E-state index contributed by atoms with van der Waals surface area (Å²) in [5, 5.41) is 3.14. The van der Waals surface area contributed by atoms with Crippen LogP contribution in [0.1, 0.15) is 36.7 Å². The van der Waals surface area contributed by atoms with E-state index in [9.17, 15) is 13.2 Å². The number of unbranched alkanes of at least 4 members (excludes halogenated alkanes) is 1. The minimum absolute atomic E-state index is 0.0522. The molecule has 0 bridgehead atoms. The van der Waals surface area contributed by atoms with Gasteiger partial charge in [0, 0.05) is 28.6 Å².